The molecule has 43 heavy (non-hydrogen) atoms. The maximum atomic E-state index is 12.3. The average molecular weight is 595 g/mol. The van der Waals surface area contributed by atoms with Gasteiger partial charge >= 0.3 is 11.9 Å². The van der Waals surface area contributed by atoms with Gasteiger partial charge in [-0.2, -0.15) is 5.26 Å². The maximum absolute atomic E-state index is 12.3. The minimum absolute atomic E-state index is 0.0176. The molecule has 0 spiro atoms. The molecule has 0 fully saturated rings. The third-order valence-electron chi connectivity index (χ3n) is 6.10. The van der Waals surface area contributed by atoms with E-state index in [1.165, 1.54) is 6.08 Å². The predicted octanol–water partition coefficient (Wildman–Crippen LogP) is 4.51. The number of esters is 2. The van der Waals surface area contributed by atoms with Gasteiger partial charge in [0, 0.05) is 19.1 Å². The first-order valence-corrected chi connectivity index (χ1v) is 14.3. The zero-order valence-corrected chi connectivity index (χ0v) is 25.0. The van der Waals surface area contributed by atoms with Gasteiger partial charge in [-0.15, -0.1) is 0 Å². The largest absolute Gasteiger partial charge is 0.459 e. The Morgan fingerprint density at radius 3 is 1.95 bits per heavy atom. The first-order valence-electron chi connectivity index (χ1n) is 14.3. The fourth-order valence-corrected chi connectivity index (χ4v) is 3.80. The molecule has 2 rings (SSSR count). The van der Waals surface area contributed by atoms with E-state index in [0.717, 1.165) is 11.1 Å². The molecular weight excluding hydrogens is 552 g/mol. The second-order valence-electron chi connectivity index (χ2n) is 9.13. The number of ether oxygens (including phenoxy) is 6. The fourth-order valence-electron chi connectivity index (χ4n) is 3.80. The summed E-state index contributed by atoms with van der Waals surface area (Å²) in [6, 6.07) is 16.3. The van der Waals surface area contributed by atoms with Gasteiger partial charge in [-0.25, -0.2) is 4.79 Å². The Labute approximate surface area is 254 Å². The van der Waals surface area contributed by atoms with Gasteiger partial charge < -0.3 is 33.7 Å². The molecule has 0 aliphatic rings. The van der Waals surface area contributed by atoms with Gasteiger partial charge in [0.1, 0.15) is 24.0 Å². The fraction of sp³-hybridized carbons (Fsp3) is 0.424. The molecule has 0 radical (unpaired) electrons. The van der Waals surface area contributed by atoms with Crippen molar-refractivity contribution in [2.24, 2.45) is 0 Å². The highest BCUT2D eigenvalue weighted by atomic mass is 16.6. The Balaban J connectivity index is 1.70. The molecule has 10 nitrogen and oxygen atoms in total. The lowest BCUT2D eigenvalue weighted by molar-refractivity contribution is -0.140. The maximum Gasteiger partial charge on any atom is 0.348 e. The third kappa shape index (κ3) is 14.7. The molecule has 232 valence electrons. The van der Waals surface area contributed by atoms with Crippen LogP contribution in [-0.2, 0) is 33.3 Å². The van der Waals surface area contributed by atoms with E-state index < -0.39 is 5.97 Å². The van der Waals surface area contributed by atoms with Crippen molar-refractivity contribution >= 4 is 24.1 Å². The summed E-state index contributed by atoms with van der Waals surface area (Å²) in [5, 5.41) is 12.7. The second kappa shape index (κ2) is 21.8. The summed E-state index contributed by atoms with van der Waals surface area (Å²) in [6.45, 7) is 9.30. The Kier molecular flexibility index (Phi) is 17.9. The van der Waals surface area contributed by atoms with Gasteiger partial charge in [0.05, 0.1) is 46.2 Å². The Bertz CT molecular complexity index is 1170. The number of rotatable bonds is 22. The molecule has 1 atom stereocenters. The van der Waals surface area contributed by atoms with Gasteiger partial charge in [0.2, 0.25) is 0 Å². The molecule has 0 amide bonds. The minimum atomic E-state index is -0.721. The molecule has 0 saturated heterocycles. The minimum Gasteiger partial charge on any atom is -0.459 e. The normalized spacial score (nSPS) is 11.9. The highest BCUT2D eigenvalue weighted by Crippen LogP contribution is 2.21. The van der Waals surface area contributed by atoms with Crippen LogP contribution < -0.4 is 10.1 Å². The van der Waals surface area contributed by atoms with Crippen LogP contribution in [0.5, 0.6) is 5.75 Å². The van der Waals surface area contributed by atoms with Crippen molar-refractivity contribution in [2.75, 3.05) is 66.5 Å². The number of carbonyl (C=O) groups is 2. The van der Waals surface area contributed by atoms with Gasteiger partial charge in [-0.1, -0.05) is 49.1 Å². The van der Waals surface area contributed by atoms with Crippen LogP contribution in [0.25, 0.3) is 12.2 Å². The van der Waals surface area contributed by atoms with Gasteiger partial charge in [0.15, 0.2) is 0 Å². The molecule has 1 unspecified atom stereocenters. The zero-order valence-electron chi connectivity index (χ0n) is 25.0. The standard InChI is InChI=1S/C33H42N2O8/c1-4-26-8-12-30(13-9-26)43-32(36)15-14-31(35-3)28-10-6-27(7-11-28)24-29(25-34)33(37)42-23-22-41-21-20-40-19-18-39-17-16-38-5-2/h4,6-13,24,31,35H,1,5,14-23H2,2-3H3. The first-order chi connectivity index (χ1) is 21.0. The van der Waals surface area contributed by atoms with E-state index in [4.69, 9.17) is 28.4 Å². The summed E-state index contributed by atoms with van der Waals surface area (Å²) in [7, 11) is 1.82. The molecule has 0 saturated carbocycles. The Morgan fingerprint density at radius 1 is 0.860 bits per heavy atom. The first kappa shape index (κ1) is 35.3. The summed E-state index contributed by atoms with van der Waals surface area (Å²) in [6.07, 6.45) is 3.95. The molecule has 0 aliphatic carbocycles. The van der Waals surface area contributed by atoms with Crippen LogP contribution in [0, 0.1) is 11.3 Å². The molecular formula is C33H42N2O8. The molecule has 2 aromatic rings. The highest BCUT2D eigenvalue weighted by Gasteiger charge is 2.14. The van der Waals surface area contributed by atoms with E-state index in [-0.39, 0.29) is 37.2 Å². The van der Waals surface area contributed by atoms with Crippen molar-refractivity contribution < 1.29 is 38.0 Å². The van der Waals surface area contributed by atoms with Crippen LogP contribution >= 0.6 is 0 Å². The Morgan fingerprint density at radius 2 is 1.42 bits per heavy atom. The van der Waals surface area contributed by atoms with Crippen molar-refractivity contribution in [1.29, 1.82) is 5.26 Å². The number of benzene rings is 2. The molecule has 1 N–H and O–H groups in total. The molecule has 0 aliphatic heterocycles. The lowest BCUT2D eigenvalue weighted by Gasteiger charge is -2.16. The molecule has 0 aromatic heterocycles. The summed E-state index contributed by atoms with van der Waals surface area (Å²) < 4.78 is 31.9. The summed E-state index contributed by atoms with van der Waals surface area (Å²) in [5.41, 5.74) is 2.46. The smallest absolute Gasteiger partial charge is 0.348 e. The lowest BCUT2D eigenvalue weighted by Crippen LogP contribution is -2.19. The molecule has 10 heteroatoms. The number of carbonyl (C=O) groups excluding carboxylic acids is 2. The van der Waals surface area contributed by atoms with Crippen molar-refractivity contribution in [3.63, 3.8) is 0 Å². The number of hydrogen-bond donors (Lipinski definition) is 1. The van der Waals surface area contributed by atoms with E-state index in [9.17, 15) is 14.9 Å². The SMILES string of the molecule is C=Cc1ccc(OC(=O)CCC(NC)c2ccc(C=C(C#N)C(=O)OCCOCCOCCOCCOCC)cc2)cc1. The number of hydrogen-bond acceptors (Lipinski definition) is 10. The van der Waals surface area contributed by atoms with Crippen molar-refractivity contribution in [1.82, 2.24) is 5.32 Å². The van der Waals surface area contributed by atoms with Gasteiger partial charge in [-0.05, 0) is 55.3 Å². The number of nitrogens with zero attached hydrogens (tertiary/aromatic N) is 1. The molecule has 2 aromatic carbocycles. The van der Waals surface area contributed by atoms with Crippen LogP contribution in [0.1, 0.15) is 42.5 Å². The van der Waals surface area contributed by atoms with Crippen molar-refractivity contribution in [3.8, 4) is 11.8 Å². The quantitative estimate of drug-likeness (QED) is 0.0684. The van der Waals surface area contributed by atoms with E-state index in [1.807, 2.05) is 44.3 Å². The van der Waals surface area contributed by atoms with E-state index in [2.05, 4.69) is 11.9 Å². The zero-order chi connectivity index (χ0) is 31.1. The van der Waals surface area contributed by atoms with E-state index in [1.54, 1.807) is 30.3 Å². The van der Waals surface area contributed by atoms with E-state index >= 15 is 0 Å². The summed E-state index contributed by atoms with van der Waals surface area (Å²) in [5.74, 6) is -0.554. The summed E-state index contributed by atoms with van der Waals surface area (Å²) >= 11 is 0. The van der Waals surface area contributed by atoms with E-state index in [0.29, 0.717) is 64.0 Å². The summed E-state index contributed by atoms with van der Waals surface area (Å²) in [4.78, 5) is 24.7. The molecule has 0 heterocycles. The van der Waals surface area contributed by atoms with Crippen LogP contribution in [0.2, 0.25) is 0 Å². The molecule has 0 bridgehead atoms. The number of nitrogens with one attached hydrogen (secondary N) is 1. The second-order valence-corrected chi connectivity index (χ2v) is 9.13. The van der Waals surface area contributed by atoms with Gasteiger partial charge in [0.25, 0.3) is 0 Å². The Hall–Kier alpha value is -3.85. The predicted molar refractivity (Wildman–Crippen MR) is 163 cm³/mol. The highest BCUT2D eigenvalue weighted by molar-refractivity contribution is 5.97. The van der Waals surface area contributed by atoms with Crippen LogP contribution in [-0.4, -0.2) is 78.4 Å². The topological polar surface area (TPSA) is 125 Å². The van der Waals surface area contributed by atoms with Crippen molar-refractivity contribution in [2.45, 2.75) is 25.8 Å². The van der Waals surface area contributed by atoms with Crippen LogP contribution in [0.4, 0.5) is 0 Å². The van der Waals surface area contributed by atoms with Gasteiger partial charge in [-0.3, -0.25) is 4.79 Å². The third-order valence-corrected chi connectivity index (χ3v) is 6.10. The van der Waals surface area contributed by atoms with Crippen LogP contribution in [0.15, 0.2) is 60.7 Å². The van der Waals surface area contributed by atoms with Crippen molar-refractivity contribution in [3.05, 3.63) is 77.4 Å². The van der Waals surface area contributed by atoms with Crippen LogP contribution in [0.3, 0.4) is 0 Å². The monoisotopic (exact) mass is 594 g/mol. The lowest BCUT2D eigenvalue weighted by atomic mass is 10.00. The number of nitriles is 1. The average Bonchev–Trinajstić information content (AvgIpc) is 3.03.